The number of aromatic nitrogens is 4. The van der Waals surface area contributed by atoms with E-state index in [-0.39, 0.29) is 28.3 Å². The van der Waals surface area contributed by atoms with Crippen molar-refractivity contribution in [2.75, 3.05) is 56.3 Å². The van der Waals surface area contributed by atoms with Gasteiger partial charge >= 0.3 is 0 Å². The van der Waals surface area contributed by atoms with Crippen molar-refractivity contribution in [3.8, 4) is 44.5 Å². The molecule has 3 atom stereocenters. The highest BCUT2D eigenvalue weighted by Crippen LogP contribution is 2.47. The summed E-state index contributed by atoms with van der Waals surface area (Å²) in [6.45, 7) is 31.2. The van der Waals surface area contributed by atoms with E-state index in [0.717, 1.165) is 44.5 Å². The third kappa shape index (κ3) is 14.4. The number of aromatic amines is 2. The summed E-state index contributed by atoms with van der Waals surface area (Å²) in [6, 6.07) is 32.3. The third-order valence-corrected chi connectivity index (χ3v) is 16.8. The summed E-state index contributed by atoms with van der Waals surface area (Å²) in [5, 5.41) is 12.6. The van der Waals surface area contributed by atoms with Crippen LogP contribution in [0, 0.1) is 0 Å². The van der Waals surface area contributed by atoms with Gasteiger partial charge in [0.15, 0.2) is 0 Å². The molecule has 4 aromatic carbocycles. The van der Waals surface area contributed by atoms with Crippen molar-refractivity contribution in [2.45, 2.75) is 144 Å². The molecule has 3 aromatic heterocycles. The van der Waals surface area contributed by atoms with Gasteiger partial charge in [-0.15, -0.1) is 0 Å². The minimum absolute atomic E-state index is 0.232. The minimum Gasteiger partial charge on any atom is -0.375 e. The van der Waals surface area contributed by atoms with Gasteiger partial charge in [-0.25, -0.2) is 9.97 Å². The highest BCUT2D eigenvalue weighted by atomic mass is 16.5. The molecule has 2 aliphatic rings. The highest BCUT2D eigenvalue weighted by molar-refractivity contribution is 6.11. The van der Waals surface area contributed by atoms with Crippen LogP contribution in [0.2, 0.25) is 0 Å². The topological polar surface area (TPSA) is 211 Å². The molecule has 16 heteroatoms. The average molecular weight is 1230 g/mol. The van der Waals surface area contributed by atoms with E-state index in [0.29, 0.717) is 89.8 Å². The molecule has 2 aliphatic heterocycles. The zero-order valence-electron chi connectivity index (χ0n) is 56.1. The molecule has 9 rings (SSSR count). The first kappa shape index (κ1) is 66.6. The van der Waals surface area contributed by atoms with Gasteiger partial charge in [-0.1, -0.05) is 132 Å². The van der Waals surface area contributed by atoms with Gasteiger partial charge in [0.25, 0.3) is 17.7 Å². The zero-order chi connectivity index (χ0) is 66.2. The Morgan fingerprint density at radius 3 is 0.945 bits per heavy atom. The number of nitrogens with one attached hydrogen (secondary N) is 6. The molecule has 0 spiro atoms. The first-order chi connectivity index (χ1) is 42.8. The number of anilines is 4. The Bertz CT molecular complexity index is 4050. The maximum absolute atomic E-state index is 14.1. The highest BCUT2D eigenvalue weighted by Gasteiger charge is 2.30. The molecule has 16 nitrogen and oxygen atoms in total. The van der Waals surface area contributed by atoms with Gasteiger partial charge < -0.3 is 50.2 Å². The quantitative estimate of drug-likeness (QED) is 0.0539. The second-order valence-corrected chi connectivity index (χ2v) is 27.6. The Kier molecular flexibility index (Phi) is 19.2. The number of ether oxygens (including phenoxy) is 4. The number of hydrogen-bond acceptors (Lipinski definition) is 10. The number of carbonyl (C=O) groups is 4. The summed E-state index contributed by atoms with van der Waals surface area (Å²) < 4.78 is 22.0. The van der Waals surface area contributed by atoms with Crippen molar-refractivity contribution in [1.82, 2.24) is 19.9 Å². The summed E-state index contributed by atoms with van der Waals surface area (Å²) in [7, 11) is 5.90. The number of methoxy groups -OCH3 is 4. The Morgan fingerprint density at radius 1 is 0.396 bits per heavy atom. The molecule has 8 bridgehead atoms. The van der Waals surface area contributed by atoms with Crippen LogP contribution in [0.15, 0.2) is 97.1 Å². The maximum Gasteiger partial charge on any atom is 0.253 e. The van der Waals surface area contributed by atoms with Crippen LogP contribution < -0.4 is 21.3 Å². The Hall–Kier alpha value is -8.80. The Morgan fingerprint density at radius 2 is 0.670 bits per heavy atom. The number of H-pyrrole nitrogens is 2. The monoisotopic (exact) mass is 1230 g/mol. The fourth-order valence-electron chi connectivity index (χ4n) is 11.0. The maximum atomic E-state index is 14.1. The van der Waals surface area contributed by atoms with Crippen LogP contribution in [0.5, 0.6) is 0 Å². The lowest BCUT2D eigenvalue weighted by molar-refractivity contribution is -0.125. The van der Waals surface area contributed by atoms with Gasteiger partial charge in [-0.05, 0) is 149 Å². The molecule has 4 amide bonds. The number of nitrogens with zero attached hydrogens (tertiary/aromatic N) is 2. The summed E-state index contributed by atoms with van der Waals surface area (Å²) in [4.78, 5) is 75.3. The van der Waals surface area contributed by atoms with E-state index in [1.54, 1.807) is 57.2 Å². The van der Waals surface area contributed by atoms with Gasteiger partial charge in [0.05, 0.1) is 45.5 Å². The number of rotatable bonds is 16. The first-order valence-corrected chi connectivity index (χ1v) is 30.9. The number of fused-ring (bicyclic) bond motifs is 8. The predicted molar refractivity (Wildman–Crippen MR) is 371 cm³/mol. The molecule has 0 unspecified atom stereocenters. The van der Waals surface area contributed by atoms with Gasteiger partial charge in [-0.2, -0.15) is 0 Å². The molecular weight excluding hydrogens is 1140 g/mol. The van der Waals surface area contributed by atoms with E-state index in [1.807, 2.05) is 48.6 Å². The molecule has 91 heavy (non-hydrogen) atoms. The fraction of sp³-hybridized carbons (Fsp3) is 0.360. The lowest BCUT2D eigenvalue weighted by Gasteiger charge is -2.26. The number of benzene rings is 4. The van der Waals surface area contributed by atoms with E-state index in [9.17, 15) is 19.2 Å². The molecule has 0 radical (unpaired) electrons. The van der Waals surface area contributed by atoms with Crippen LogP contribution in [0.3, 0.4) is 0 Å². The normalized spacial score (nSPS) is 13.6. The largest absolute Gasteiger partial charge is 0.375 e. The molecule has 476 valence electrons. The summed E-state index contributed by atoms with van der Waals surface area (Å²) in [5.41, 5.74) is 15.1. The van der Waals surface area contributed by atoms with Gasteiger partial charge in [-0.3, -0.25) is 19.2 Å². The molecule has 0 aliphatic carbocycles. The van der Waals surface area contributed by atoms with Crippen LogP contribution in [0.1, 0.15) is 149 Å². The second-order valence-electron chi connectivity index (χ2n) is 27.6. The van der Waals surface area contributed by atoms with E-state index in [1.165, 1.54) is 28.4 Å². The van der Waals surface area contributed by atoms with Crippen molar-refractivity contribution in [3.63, 3.8) is 0 Å². The standard InChI is InChI=1S/C75H88N8O8/c1-41(89-17)69(85)81-51-23-20-22-50(80-62(84)40-88-16)65(51)67-58-30-26-54(76-58)63(44-34-46(72(4,5)6)38-47(35-44)73(7,8)9)56-28-32-60(78-56)68(66-52(82-70(86)42(2)90-18)24-21-25-53(66)83-71(87)43(3)91-19)61-33-29-57(79-61)64(55-27-31-59(67)77-55)45-36-48(74(10,11)12)39-49(37-45)75(13,14)15/h20-39,41-43,76,79H,40H2,1-19H3,(H,80,84)(H,81,85)(H,82,86)(H,83,87)/t41-,42-,43-/m0/s1. The van der Waals surface area contributed by atoms with Crippen LogP contribution in [0.25, 0.3) is 90.9 Å². The number of hydrogen-bond donors (Lipinski definition) is 6. The van der Waals surface area contributed by atoms with E-state index in [2.05, 4.69) is 151 Å². The van der Waals surface area contributed by atoms with E-state index in [4.69, 9.17) is 28.9 Å². The summed E-state index contributed by atoms with van der Waals surface area (Å²) in [5.74, 6) is -1.62. The average Bonchev–Trinajstić information content (AvgIpc) is 1.67. The lowest BCUT2D eigenvalue weighted by Crippen LogP contribution is -2.28. The fourth-order valence-corrected chi connectivity index (χ4v) is 11.0. The van der Waals surface area contributed by atoms with Crippen molar-refractivity contribution in [3.05, 3.63) is 142 Å². The predicted octanol–water partition coefficient (Wildman–Crippen LogP) is 16.0. The number of carbonyl (C=O) groups excluding carboxylic acids is 4. The molecule has 5 heterocycles. The van der Waals surface area contributed by atoms with Crippen molar-refractivity contribution in [2.24, 2.45) is 0 Å². The van der Waals surface area contributed by atoms with E-state index < -0.39 is 41.9 Å². The summed E-state index contributed by atoms with van der Waals surface area (Å²) >= 11 is 0. The first-order valence-electron chi connectivity index (χ1n) is 30.9. The van der Waals surface area contributed by atoms with Gasteiger partial charge in [0, 0.05) is 83.9 Å². The number of amides is 4. The van der Waals surface area contributed by atoms with Crippen LogP contribution in [0.4, 0.5) is 22.7 Å². The van der Waals surface area contributed by atoms with Crippen molar-refractivity contribution in [1.29, 1.82) is 0 Å². The lowest BCUT2D eigenvalue weighted by atomic mass is 9.78. The third-order valence-electron chi connectivity index (χ3n) is 16.8. The molecule has 7 aromatic rings. The van der Waals surface area contributed by atoms with Crippen LogP contribution in [-0.4, -0.2) is 96.9 Å². The van der Waals surface area contributed by atoms with Gasteiger partial charge in [0.2, 0.25) is 5.91 Å². The Labute approximate surface area is 535 Å². The van der Waals surface area contributed by atoms with Crippen molar-refractivity contribution >= 4 is 92.7 Å². The minimum atomic E-state index is -0.835. The molecule has 0 fully saturated rings. The van der Waals surface area contributed by atoms with Crippen LogP contribution in [-0.2, 0) is 59.8 Å². The smallest absolute Gasteiger partial charge is 0.253 e. The van der Waals surface area contributed by atoms with E-state index >= 15 is 0 Å². The molecule has 6 N–H and O–H groups in total. The molecular formula is C75H88N8O8. The van der Waals surface area contributed by atoms with Gasteiger partial charge in [0.1, 0.15) is 24.9 Å². The molecule has 0 saturated heterocycles. The van der Waals surface area contributed by atoms with Crippen LogP contribution >= 0.6 is 0 Å². The Balaban J connectivity index is 1.57. The zero-order valence-corrected chi connectivity index (χ0v) is 56.1. The second kappa shape index (κ2) is 26.2. The van der Waals surface area contributed by atoms with Crippen molar-refractivity contribution < 1.29 is 38.1 Å². The summed E-state index contributed by atoms with van der Waals surface area (Å²) in [6.07, 6.45) is 5.43. The SMILES string of the molecule is COCC(=O)Nc1cccc(NC(=O)[C@H](C)OC)c1-c1c2nc(c(-c3cc(C(C)(C)C)cc(C(C)(C)C)c3)c3ccc([nH]3)c(-c3c(NC(=O)[C@H](C)OC)cccc3NC(=O)[C@H](C)OC)c3nc(c(-c4cc(C(C)(C)C)cc(C(C)(C)C)c4)c4ccc1[nH]4)C=C3)C=C2. The molecule has 0 saturated carbocycles.